The highest BCUT2D eigenvalue weighted by Crippen LogP contribution is 2.22. The Balaban J connectivity index is 1.60. The van der Waals surface area contributed by atoms with Gasteiger partial charge in [-0.2, -0.15) is 0 Å². The first-order chi connectivity index (χ1) is 10.3. The maximum Gasteiger partial charge on any atom is 0.119 e. The van der Waals surface area contributed by atoms with Crippen LogP contribution in [-0.2, 0) is 6.61 Å². The molecular weight excluding hydrogens is 284 g/mol. The van der Waals surface area contributed by atoms with E-state index in [2.05, 4.69) is 22.3 Å². The van der Waals surface area contributed by atoms with Gasteiger partial charge in [0.15, 0.2) is 0 Å². The minimum Gasteiger partial charge on any atom is -0.489 e. The van der Waals surface area contributed by atoms with Crippen LogP contribution in [0.15, 0.2) is 48.5 Å². The van der Waals surface area contributed by atoms with Gasteiger partial charge in [0.1, 0.15) is 12.4 Å². The molecule has 0 radical (unpaired) electrons. The highest BCUT2D eigenvalue weighted by molar-refractivity contribution is 6.31. The van der Waals surface area contributed by atoms with E-state index < -0.39 is 0 Å². The summed E-state index contributed by atoms with van der Waals surface area (Å²) < 4.78 is 5.80. The van der Waals surface area contributed by atoms with Gasteiger partial charge in [0, 0.05) is 42.5 Å². The number of benzene rings is 2. The molecule has 0 bridgehead atoms. The van der Waals surface area contributed by atoms with Gasteiger partial charge in [-0.25, -0.2) is 0 Å². The Morgan fingerprint density at radius 1 is 1.00 bits per heavy atom. The molecule has 1 fully saturated rings. The van der Waals surface area contributed by atoms with Crippen molar-refractivity contribution >= 4 is 17.3 Å². The second-order valence-electron chi connectivity index (χ2n) is 5.11. The van der Waals surface area contributed by atoms with Crippen LogP contribution >= 0.6 is 11.6 Å². The zero-order valence-electron chi connectivity index (χ0n) is 11.9. The maximum atomic E-state index is 6.12. The molecule has 21 heavy (non-hydrogen) atoms. The maximum absolute atomic E-state index is 6.12. The van der Waals surface area contributed by atoms with Gasteiger partial charge >= 0.3 is 0 Å². The lowest BCUT2D eigenvalue weighted by Gasteiger charge is -2.29. The zero-order valence-corrected chi connectivity index (χ0v) is 12.6. The van der Waals surface area contributed by atoms with Crippen molar-refractivity contribution in [2.24, 2.45) is 0 Å². The van der Waals surface area contributed by atoms with Gasteiger partial charge in [-0.15, -0.1) is 0 Å². The number of hydrogen-bond acceptors (Lipinski definition) is 3. The van der Waals surface area contributed by atoms with Crippen LogP contribution in [0.25, 0.3) is 0 Å². The largest absolute Gasteiger partial charge is 0.489 e. The first-order valence-corrected chi connectivity index (χ1v) is 7.63. The van der Waals surface area contributed by atoms with Crippen molar-refractivity contribution in [3.05, 3.63) is 59.1 Å². The molecule has 1 N–H and O–H groups in total. The van der Waals surface area contributed by atoms with Gasteiger partial charge in [-0.3, -0.25) is 0 Å². The molecule has 1 aliphatic rings. The van der Waals surface area contributed by atoms with Crippen LogP contribution < -0.4 is 15.0 Å². The van der Waals surface area contributed by atoms with Crippen molar-refractivity contribution in [2.45, 2.75) is 6.61 Å². The van der Waals surface area contributed by atoms with E-state index in [0.717, 1.165) is 42.5 Å². The molecule has 0 aliphatic carbocycles. The molecule has 2 aromatic rings. The quantitative estimate of drug-likeness (QED) is 0.937. The molecular formula is C17H19ClN2O. The summed E-state index contributed by atoms with van der Waals surface area (Å²) in [5, 5.41) is 4.11. The van der Waals surface area contributed by atoms with Crippen molar-refractivity contribution in [3.8, 4) is 5.75 Å². The van der Waals surface area contributed by atoms with E-state index in [0.29, 0.717) is 6.61 Å². The van der Waals surface area contributed by atoms with Gasteiger partial charge in [0.2, 0.25) is 0 Å². The molecule has 0 aromatic heterocycles. The Bertz CT molecular complexity index is 580. The fraction of sp³-hybridized carbons (Fsp3) is 0.294. The molecule has 1 aliphatic heterocycles. The Morgan fingerprint density at radius 2 is 1.71 bits per heavy atom. The van der Waals surface area contributed by atoms with Gasteiger partial charge in [0.05, 0.1) is 0 Å². The predicted octanol–water partition coefficient (Wildman–Crippen LogP) is 3.33. The van der Waals surface area contributed by atoms with Crippen molar-refractivity contribution in [3.63, 3.8) is 0 Å². The van der Waals surface area contributed by atoms with E-state index in [1.165, 1.54) is 5.69 Å². The van der Waals surface area contributed by atoms with Crippen LogP contribution in [-0.4, -0.2) is 26.2 Å². The topological polar surface area (TPSA) is 24.5 Å². The van der Waals surface area contributed by atoms with Gasteiger partial charge in [-0.1, -0.05) is 29.8 Å². The number of halogens is 1. The molecule has 3 nitrogen and oxygen atoms in total. The molecule has 1 heterocycles. The number of nitrogens with zero attached hydrogens (tertiary/aromatic N) is 1. The van der Waals surface area contributed by atoms with E-state index in [1.54, 1.807) is 0 Å². The van der Waals surface area contributed by atoms with E-state index >= 15 is 0 Å². The summed E-state index contributed by atoms with van der Waals surface area (Å²) in [6, 6.07) is 16.0. The Morgan fingerprint density at radius 3 is 2.43 bits per heavy atom. The highest BCUT2D eigenvalue weighted by atomic mass is 35.5. The fourth-order valence-corrected chi connectivity index (χ4v) is 2.64. The molecule has 0 spiro atoms. The number of nitrogens with one attached hydrogen (secondary N) is 1. The third-order valence-electron chi connectivity index (χ3n) is 3.67. The van der Waals surface area contributed by atoms with Crippen molar-refractivity contribution < 1.29 is 4.74 Å². The van der Waals surface area contributed by atoms with Crippen LogP contribution in [0.2, 0.25) is 5.02 Å². The molecule has 3 rings (SSSR count). The summed E-state index contributed by atoms with van der Waals surface area (Å²) >= 11 is 6.12. The normalized spacial score (nSPS) is 15.0. The highest BCUT2D eigenvalue weighted by Gasteiger charge is 2.10. The summed E-state index contributed by atoms with van der Waals surface area (Å²) in [5.41, 5.74) is 2.26. The van der Waals surface area contributed by atoms with Crippen LogP contribution in [0.5, 0.6) is 5.75 Å². The summed E-state index contributed by atoms with van der Waals surface area (Å²) in [6.45, 7) is 4.70. The predicted molar refractivity (Wildman–Crippen MR) is 87.3 cm³/mol. The number of piperazine rings is 1. The first-order valence-electron chi connectivity index (χ1n) is 7.25. The minimum atomic E-state index is 0.493. The molecule has 4 heteroatoms. The van der Waals surface area contributed by atoms with E-state index in [4.69, 9.17) is 16.3 Å². The number of hydrogen-bond donors (Lipinski definition) is 1. The second kappa shape index (κ2) is 6.83. The Hall–Kier alpha value is -1.71. The Kier molecular flexibility index (Phi) is 4.63. The number of anilines is 1. The zero-order chi connectivity index (χ0) is 14.5. The molecule has 0 unspecified atom stereocenters. The van der Waals surface area contributed by atoms with Crippen LogP contribution in [0.1, 0.15) is 5.56 Å². The van der Waals surface area contributed by atoms with Crippen molar-refractivity contribution in [2.75, 3.05) is 31.1 Å². The van der Waals surface area contributed by atoms with E-state index in [1.807, 2.05) is 36.4 Å². The van der Waals surface area contributed by atoms with Crippen LogP contribution in [0.3, 0.4) is 0 Å². The van der Waals surface area contributed by atoms with Crippen molar-refractivity contribution in [1.82, 2.24) is 5.32 Å². The van der Waals surface area contributed by atoms with Crippen LogP contribution in [0.4, 0.5) is 5.69 Å². The van der Waals surface area contributed by atoms with Crippen LogP contribution in [0, 0.1) is 0 Å². The van der Waals surface area contributed by atoms with E-state index in [-0.39, 0.29) is 0 Å². The lowest BCUT2D eigenvalue weighted by atomic mass is 10.2. The first kappa shape index (κ1) is 14.2. The van der Waals surface area contributed by atoms with E-state index in [9.17, 15) is 0 Å². The molecule has 0 atom stereocenters. The standard InChI is InChI=1S/C17H19ClN2O/c18-17-4-2-1-3-14(17)13-21-16-7-5-15(6-8-16)20-11-9-19-10-12-20/h1-8,19H,9-13H2. The van der Waals surface area contributed by atoms with Gasteiger partial charge in [-0.05, 0) is 30.3 Å². The summed E-state index contributed by atoms with van der Waals surface area (Å²) in [4.78, 5) is 2.38. The lowest BCUT2D eigenvalue weighted by molar-refractivity contribution is 0.306. The average Bonchev–Trinajstić information content (AvgIpc) is 2.55. The third kappa shape index (κ3) is 3.69. The summed E-state index contributed by atoms with van der Waals surface area (Å²) in [6.07, 6.45) is 0. The number of ether oxygens (including phenoxy) is 1. The van der Waals surface area contributed by atoms with Crippen molar-refractivity contribution in [1.29, 1.82) is 0 Å². The third-order valence-corrected chi connectivity index (χ3v) is 4.04. The average molecular weight is 303 g/mol. The summed E-state index contributed by atoms with van der Waals surface area (Å²) in [7, 11) is 0. The fourth-order valence-electron chi connectivity index (χ4n) is 2.45. The van der Waals surface area contributed by atoms with Gasteiger partial charge < -0.3 is 15.0 Å². The minimum absolute atomic E-state index is 0.493. The SMILES string of the molecule is Clc1ccccc1COc1ccc(N2CCNCC2)cc1. The summed E-state index contributed by atoms with van der Waals surface area (Å²) in [5.74, 6) is 0.869. The molecule has 1 saturated heterocycles. The lowest BCUT2D eigenvalue weighted by Crippen LogP contribution is -2.43. The number of rotatable bonds is 4. The Labute approximate surface area is 130 Å². The smallest absolute Gasteiger partial charge is 0.119 e. The van der Waals surface area contributed by atoms with Gasteiger partial charge in [0.25, 0.3) is 0 Å². The molecule has 0 saturated carbocycles. The molecule has 110 valence electrons. The molecule has 2 aromatic carbocycles. The molecule has 0 amide bonds. The second-order valence-corrected chi connectivity index (χ2v) is 5.52. The monoisotopic (exact) mass is 302 g/mol.